The zero-order valence-corrected chi connectivity index (χ0v) is 16.2. The van der Waals surface area contributed by atoms with Gasteiger partial charge in [-0.3, -0.25) is 0 Å². The minimum Gasteiger partial charge on any atom is -0.394 e. The number of nitrogens with one attached hydrogen (secondary N) is 2. The van der Waals surface area contributed by atoms with Crippen LogP contribution in [0.2, 0.25) is 0 Å². The molecule has 0 unspecified atom stereocenters. The number of urea groups is 1. The van der Waals surface area contributed by atoms with Crippen molar-refractivity contribution in [3.63, 3.8) is 0 Å². The summed E-state index contributed by atoms with van der Waals surface area (Å²) in [7, 11) is 0. The number of halogens is 3. The van der Waals surface area contributed by atoms with Gasteiger partial charge in [0.15, 0.2) is 0 Å². The molecular formula is C22H22F3N3O2. The molecule has 0 radical (unpaired) electrons. The van der Waals surface area contributed by atoms with Gasteiger partial charge in [-0.25, -0.2) is 18.0 Å². The van der Waals surface area contributed by atoms with E-state index in [1.165, 1.54) is 18.2 Å². The summed E-state index contributed by atoms with van der Waals surface area (Å²) in [4.78, 5) is 17.0. The Balaban J connectivity index is 1.61. The summed E-state index contributed by atoms with van der Waals surface area (Å²) in [6.07, 6.45) is 1.92. The van der Waals surface area contributed by atoms with Crippen LogP contribution in [0.1, 0.15) is 18.4 Å². The van der Waals surface area contributed by atoms with Crippen molar-refractivity contribution in [1.82, 2.24) is 15.2 Å². The monoisotopic (exact) mass is 417 g/mol. The van der Waals surface area contributed by atoms with E-state index in [0.29, 0.717) is 35.2 Å². The van der Waals surface area contributed by atoms with Gasteiger partial charge in [0, 0.05) is 30.2 Å². The number of benzene rings is 2. The normalized spacial score (nSPS) is 16.4. The van der Waals surface area contributed by atoms with E-state index in [2.05, 4.69) is 10.3 Å². The highest BCUT2D eigenvalue weighted by Gasteiger charge is 2.28. The highest BCUT2D eigenvalue weighted by molar-refractivity contribution is 5.91. The van der Waals surface area contributed by atoms with Crippen molar-refractivity contribution in [2.75, 3.05) is 19.7 Å². The number of rotatable bonds is 5. The number of nitrogens with zero attached hydrogens (tertiary/aromatic N) is 1. The summed E-state index contributed by atoms with van der Waals surface area (Å²) in [6, 6.07) is 7.32. The van der Waals surface area contributed by atoms with E-state index < -0.39 is 17.5 Å². The first kappa shape index (κ1) is 20.3. The second-order valence-corrected chi connectivity index (χ2v) is 7.45. The summed E-state index contributed by atoms with van der Waals surface area (Å²) in [5.41, 5.74) is 1.99. The summed E-state index contributed by atoms with van der Waals surface area (Å²) >= 11 is 0. The molecular weight excluding hydrogens is 395 g/mol. The van der Waals surface area contributed by atoms with Crippen LogP contribution in [0.5, 0.6) is 0 Å². The molecule has 5 nitrogen and oxygen atoms in total. The Morgan fingerprint density at radius 3 is 2.67 bits per heavy atom. The molecule has 3 N–H and O–H groups in total. The summed E-state index contributed by atoms with van der Waals surface area (Å²) in [5.74, 6) is -1.81. The number of amides is 2. The Kier molecular flexibility index (Phi) is 5.67. The maximum absolute atomic E-state index is 14.3. The van der Waals surface area contributed by atoms with Gasteiger partial charge in [-0.2, -0.15) is 0 Å². The van der Waals surface area contributed by atoms with Crippen molar-refractivity contribution in [3.05, 3.63) is 59.4 Å². The van der Waals surface area contributed by atoms with Crippen molar-refractivity contribution in [3.8, 4) is 11.3 Å². The summed E-state index contributed by atoms with van der Waals surface area (Å²) in [5, 5.41) is 12.6. The van der Waals surface area contributed by atoms with Gasteiger partial charge in [0.05, 0.1) is 18.2 Å². The third kappa shape index (κ3) is 3.87. The molecule has 1 fully saturated rings. The molecule has 2 amide bonds. The average molecular weight is 417 g/mol. The molecule has 2 heterocycles. The molecule has 1 aromatic heterocycles. The number of aromatic amines is 1. The molecule has 1 saturated heterocycles. The van der Waals surface area contributed by atoms with Crippen molar-refractivity contribution < 1.29 is 23.1 Å². The van der Waals surface area contributed by atoms with Gasteiger partial charge in [0.2, 0.25) is 0 Å². The zero-order chi connectivity index (χ0) is 21.3. The standard InChI is InChI=1S/C22H22F3N3O2/c23-14-5-3-13(4-6-14)20-17(18-10-15(24)11-19(25)21(18)27-20)7-8-26-22(30)28-9-1-2-16(28)12-29/h3-6,10-11,16,27,29H,1-2,7-9,12H2,(H,26,30)/t16-/m0/s1. The predicted molar refractivity (Wildman–Crippen MR) is 108 cm³/mol. The number of carbonyl (C=O) groups is 1. The number of fused-ring (bicyclic) bond motifs is 1. The lowest BCUT2D eigenvalue weighted by atomic mass is 10.0. The van der Waals surface area contributed by atoms with Crippen LogP contribution in [0, 0.1) is 17.5 Å². The van der Waals surface area contributed by atoms with Gasteiger partial charge in [0.25, 0.3) is 0 Å². The number of aliphatic hydroxyl groups is 1. The maximum Gasteiger partial charge on any atom is 0.317 e. The second kappa shape index (κ2) is 8.39. The van der Waals surface area contributed by atoms with Crippen LogP contribution in [0.3, 0.4) is 0 Å². The Labute approximate surface area is 171 Å². The van der Waals surface area contributed by atoms with Crippen LogP contribution in [0.25, 0.3) is 22.2 Å². The highest BCUT2D eigenvalue weighted by atomic mass is 19.1. The van der Waals surface area contributed by atoms with E-state index >= 15 is 0 Å². The van der Waals surface area contributed by atoms with Gasteiger partial charge in [-0.05, 0) is 60.7 Å². The minimum absolute atomic E-state index is 0.0802. The fourth-order valence-corrected chi connectivity index (χ4v) is 4.09. The van der Waals surface area contributed by atoms with Gasteiger partial charge in [-0.15, -0.1) is 0 Å². The number of aromatic nitrogens is 1. The van der Waals surface area contributed by atoms with Gasteiger partial charge in [0.1, 0.15) is 17.5 Å². The largest absolute Gasteiger partial charge is 0.394 e. The van der Waals surface area contributed by atoms with Gasteiger partial charge in [-0.1, -0.05) is 0 Å². The quantitative estimate of drug-likeness (QED) is 0.588. The number of hydrogen-bond acceptors (Lipinski definition) is 2. The molecule has 158 valence electrons. The van der Waals surface area contributed by atoms with E-state index in [0.717, 1.165) is 18.9 Å². The van der Waals surface area contributed by atoms with Crippen molar-refractivity contribution in [1.29, 1.82) is 0 Å². The first-order chi connectivity index (χ1) is 14.5. The lowest BCUT2D eigenvalue weighted by molar-refractivity contribution is 0.157. The van der Waals surface area contributed by atoms with Gasteiger partial charge < -0.3 is 20.3 Å². The molecule has 1 aliphatic rings. The first-order valence-electron chi connectivity index (χ1n) is 9.89. The summed E-state index contributed by atoms with van der Waals surface area (Å²) < 4.78 is 41.5. The smallest absolute Gasteiger partial charge is 0.317 e. The fraction of sp³-hybridized carbons (Fsp3) is 0.318. The van der Waals surface area contributed by atoms with E-state index in [1.54, 1.807) is 17.0 Å². The van der Waals surface area contributed by atoms with E-state index in [9.17, 15) is 23.1 Å². The first-order valence-corrected chi connectivity index (χ1v) is 9.89. The van der Waals surface area contributed by atoms with Crippen LogP contribution >= 0.6 is 0 Å². The minimum atomic E-state index is -0.716. The van der Waals surface area contributed by atoms with Gasteiger partial charge >= 0.3 is 6.03 Å². The molecule has 4 rings (SSSR count). The Morgan fingerprint density at radius 2 is 1.93 bits per heavy atom. The number of hydrogen-bond donors (Lipinski definition) is 3. The molecule has 1 aliphatic heterocycles. The van der Waals surface area contributed by atoms with E-state index in [1.807, 2.05) is 0 Å². The number of aliphatic hydroxyl groups excluding tert-OH is 1. The van der Waals surface area contributed by atoms with Crippen molar-refractivity contribution >= 4 is 16.9 Å². The van der Waals surface area contributed by atoms with E-state index in [-0.39, 0.29) is 30.7 Å². The molecule has 30 heavy (non-hydrogen) atoms. The average Bonchev–Trinajstić information content (AvgIpc) is 3.34. The van der Waals surface area contributed by atoms with Crippen LogP contribution in [0.15, 0.2) is 36.4 Å². The van der Waals surface area contributed by atoms with Crippen molar-refractivity contribution in [2.45, 2.75) is 25.3 Å². The molecule has 8 heteroatoms. The Morgan fingerprint density at radius 1 is 1.17 bits per heavy atom. The number of carbonyl (C=O) groups excluding carboxylic acids is 1. The third-order valence-electron chi connectivity index (χ3n) is 5.56. The van der Waals surface area contributed by atoms with Crippen LogP contribution in [-0.4, -0.2) is 46.8 Å². The molecule has 0 bridgehead atoms. The van der Waals surface area contributed by atoms with E-state index in [4.69, 9.17) is 0 Å². The fourth-order valence-electron chi connectivity index (χ4n) is 4.09. The SMILES string of the molecule is O=C(NCCc1c(-c2ccc(F)cc2)[nH]c2c(F)cc(F)cc12)N1CCC[C@H]1CO. The molecule has 1 atom stereocenters. The lowest BCUT2D eigenvalue weighted by Gasteiger charge is -2.23. The Bertz CT molecular complexity index is 1070. The number of likely N-dealkylation sites (tertiary alicyclic amines) is 1. The number of H-pyrrole nitrogens is 1. The highest BCUT2D eigenvalue weighted by Crippen LogP contribution is 2.32. The maximum atomic E-state index is 14.3. The Hall–Kier alpha value is -3.00. The second-order valence-electron chi connectivity index (χ2n) is 7.45. The topological polar surface area (TPSA) is 68.4 Å². The lowest BCUT2D eigenvalue weighted by Crippen LogP contribution is -2.44. The van der Waals surface area contributed by atoms with Crippen LogP contribution in [0.4, 0.5) is 18.0 Å². The molecule has 0 spiro atoms. The molecule has 0 saturated carbocycles. The molecule has 3 aromatic rings. The predicted octanol–water partition coefficient (Wildman–Crippen LogP) is 3.96. The molecule has 2 aromatic carbocycles. The van der Waals surface area contributed by atoms with Crippen molar-refractivity contribution in [2.24, 2.45) is 0 Å². The zero-order valence-electron chi connectivity index (χ0n) is 16.2. The van der Waals surface area contributed by atoms with Crippen LogP contribution in [-0.2, 0) is 6.42 Å². The third-order valence-corrected chi connectivity index (χ3v) is 5.56. The molecule has 0 aliphatic carbocycles. The summed E-state index contributed by atoms with van der Waals surface area (Å²) in [6.45, 7) is 0.747. The van der Waals surface area contributed by atoms with Crippen LogP contribution < -0.4 is 5.32 Å².